The molecule has 0 aliphatic heterocycles. The molecule has 1 aliphatic carbocycles. The van der Waals surface area contributed by atoms with E-state index in [0.29, 0.717) is 17.9 Å². The summed E-state index contributed by atoms with van der Waals surface area (Å²) < 4.78 is 0. The van der Waals surface area contributed by atoms with E-state index in [1.807, 2.05) is 6.92 Å². The van der Waals surface area contributed by atoms with Crippen LogP contribution in [0.15, 0.2) is 0 Å². The maximum absolute atomic E-state index is 10.1. The van der Waals surface area contributed by atoms with Crippen LogP contribution in [0.5, 0.6) is 0 Å². The fraction of sp³-hybridized carbons (Fsp3) is 1.00. The van der Waals surface area contributed by atoms with E-state index in [9.17, 15) is 5.11 Å². The molecule has 90 valence electrons. The number of aliphatic hydroxyl groups is 1. The molecule has 1 aliphatic rings. The molecule has 2 N–H and O–H groups in total. The summed E-state index contributed by atoms with van der Waals surface area (Å²) in [6.45, 7) is 10.2. The summed E-state index contributed by atoms with van der Waals surface area (Å²) in [6, 6.07) is 0. The molecule has 2 nitrogen and oxygen atoms in total. The van der Waals surface area contributed by atoms with Crippen molar-refractivity contribution in [1.82, 2.24) is 5.32 Å². The average Bonchev–Trinajstić information content (AvgIpc) is 2.51. The van der Waals surface area contributed by atoms with Crippen LogP contribution in [0.4, 0.5) is 0 Å². The number of nitrogens with one attached hydrogen (secondary N) is 1. The standard InChI is InChI=1S/C13H27NO/c1-11(2)13(4,15)10-14-9-12(3)7-5-6-8-12/h11,14-15H,5-10H2,1-4H3. The van der Waals surface area contributed by atoms with Crippen LogP contribution in [0, 0.1) is 11.3 Å². The normalized spacial score (nSPS) is 24.4. The van der Waals surface area contributed by atoms with E-state index in [2.05, 4.69) is 26.1 Å². The first-order chi connectivity index (χ1) is 6.86. The number of hydrogen-bond donors (Lipinski definition) is 2. The molecule has 0 radical (unpaired) electrons. The van der Waals surface area contributed by atoms with Crippen molar-refractivity contribution in [3.63, 3.8) is 0 Å². The monoisotopic (exact) mass is 213 g/mol. The quantitative estimate of drug-likeness (QED) is 0.735. The Hall–Kier alpha value is -0.0800. The van der Waals surface area contributed by atoms with Crippen LogP contribution in [0.25, 0.3) is 0 Å². The fourth-order valence-corrected chi connectivity index (χ4v) is 2.23. The Morgan fingerprint density at radius 2 is 1.87 bits per heavy atom. The zero-order chi connectivity index (χ0) is 11.5. The SMILES string of the molecule is CC(C)C(C)(O)CNCC1(C)CCCC1. The molecular formula is C13H27NO. The van der Waals surface area contributed by atoms with Gasteiger partial charge in [0.25, 0.3) is 0 Å². The molecule has 0 aromatic rings. The van der Waals surface area contributed by atoms with Crippen molar-refractivity contribution in [1.29, 1.82) is 0 Å². The van der Waals surface area contributed by atoms with Gasteiger partial charge in [-0.05, 0) is 31.1 Å². The molecule has 1 fully saturated rings. The van der Waals surface area contributed by atoms with E-state index in [1.54, 1.807) is 0 Å². The number of hydrogen-bond acceptors (Lipinski definition) is 2. The van der Waals surface area contributed by atoms with Gasteiger partial charge in [-0.2, -0.15) is 0 Å². The van der Waals surface area contributed by atoms with Gasteiger partial charge in [-0.25, -0.2) is 0 Å². The summed E-state index contributed by atoms with van der Waals surface area (Å²) in [5.74, 6) is 0.307. The molecule has 1 unspecified atom stereocenters. The highest BCUT2D eigenvalue weighted by atomic mass is 16.3. The average molecular weight is 213 g/mol. The van der Waals surface area contributed by atoms with Gasteiger partial charge in [0.2, 0.25) is 0 Å². The molecule has 1 saturated carbocycles. The molecule has 0 aromatic heterocycles. The first-order valence-electron chi connectivity index (χ1n) is 6.29. The third kappa shape index (κ3) is 3.76. The molecule has 0 spiro atoms. The van der Waals surface area contributed by atoms with E-state index in [4.69, 9.17) is 0 Å². The second kappa shape index (κ2) is 4.84. The van der Waals surface area contributed by atoms with Crippen LogP contribution in [0.2, 0.25) is 0 Å². The van der Waals surface area contributed by atoms with Crippen LogP contribution >= 0.6 is 0 Å². The first-order valence-corrected chi connectivity index (χ1v) is 6.29. The van der Waals surface area contributed by atoms with Gasteiger partial charge < -0.3 is 10.4 Å². The van der Waals surface area contributed by atoms with E-state index < -0.39 is 5.60 Å². The third-order valence-corrected chi connectivity index (χ3v) is 4.09. The minimum Gasteiger partial charge on any atom is -0.389 e. The summed E-state index contributed by atoms with van der Waals surface area (Å²) in [5, 5.41) is 13.5. The van der Waals surface area contributed by atoms with Gasteiger partial charge in [-0.1, -0.05) is 33.6 Å². The van der Waals surface area contributed by atoms with Crippen molar-refractivity contribution in [2.75, 3.05) is 13.1 Å². The Bertz CT molecular complexity index is 188. The van der Waals surface area contributed by atoms with Crippen LogP contribution in [0.3, 0.4) is 0 Å². The van der Waals surface area contributed by atoms with Crippen molar-refractivity contribution in [3.8, 4) is 0 Å². The van der Waals surface area contributed by atoms with Gasteiger partial charge in [0.05, 0.1) is 5.60 Å². The van der Waals surface area contributed by atoms with E-state index in [1.165, 1.54) is 25.7 Å². The summed E-state index contributed by atoms with van der Waals surface area (Å²) >= 11 is 0. The van der Waals surface area contributed by atoms with E-state index >= 15 is 0 Å². The lowest BCUT2D eigenvalue weighted by molar-refractivity contribution is 0.0122. The van der Waals surface area contributed by atoms with Gasteiger partial charge in [0, 0.05) is 13.1 Å². The van der Waals surface area contributed by atoms with E-state index in [0.717, 1.165) is 6.54 Å². The highest BCUT2D eigenvalue weighted by Gasteiger charge is 2.30. The third-order valence-electron chi connectivity index (χ3n) is 4.09. The molecule has 15 heavy (non-hydrogen) atoms. The predicted octanol–water partition coefficient (Wildman–Crippen LogP) is 2.56. The van der Waals surface area contributed by atoms with Crippen LogP contribution in [0.1, 0.15) is 53.4 Å². The maximum atomic E-state index is 10.1. The van der Waals surface area contributed by atoms with E-state index in [-0.39, 0.29) is 0 Å². The lowest BCUT2D eigenvalue weighted by atomic mass is 9.87. The smallest absolute Gasteiger partial charge is 0.0766 e. The van der Waals surface area contributed by atoms with Crippen molar-refractivity contribution in [2.24, 2.45) is 11.3 Å². The Kier molecular flexibility index (Phi) is 4.19. The van der Waals surface area contributed by atoms with Crippen molar-refractivity contribution in [2.45, 2.75) is 59.0 Å². The fourth-order valence-electron chi connectivity index (χ4n) is 2.23. The van der Waals surface area contributed by atoms with Gasteiger partial charge in [0.1, 0.15) is 0 Å². The second-order valence-electron chi connectivity index (χ2n) is 6.13. The van der Waals surface area contributed by atoms with Gasteiger partial charge in [-0.15, -0.1) is 0 Å². The molecule has 1 atom stereocenters. The van der Waals surface area contributed by atoms with Gasteiger partial charge in [-0.3, -0.25) is 0 Å². The molecule has 0 heterocycles. The lowest BCUT2D eigenvalue weighted by Crippen LogP contribution is -2.44. The molecule has 0 bridgehead atoms. The highest BCUT2D eigenvalue weighted by molar-refractivity contribution is 4.85. The highest BCUT2D eigenvalue weighted by Crippen LogP contribution is 2.36. The Morgan fingerprint density at radius 3 is 2.33 bits per heavy atom. The molecule has 2 heteroatoms. The van der Waals surface area contributed by atoms with Crippen LogP contribution < -0.4 is 5.32 Å². The lowest BCUT2D eigenvalue weighted by Gasteiger charge is -2.31. The van der Waals surface area contributed by atoms with Crippen molar-refractivity contribution < 1.29 is 5.11 Å². The van der Waals surface area contributed by atoms with Crippen molar-refractivity contribution >= 4 is 0 Å². The zero-order valence-electron chi connectivity index (χ0n) is 10.8. The topological polar surface area (TPSA) is 32.3 Å². The first kappa shape index (κ1) is 13.0. The van der Waals surface area contributed by atoms with Crippen LogP contribution in [-0.2, 0) is 0 Å². The van der Waals surface area contributed by atoms with Crippen LogP contribution in [-0.4, -0.2) is 23.8 Å². The summed E-state index contributed by atoms with van der Waals surface area (Å²) in [7, 11) is 0. The molecule has 0 amide bonds. The summed E-state index contributed by atoms with van der Waals surface area (Å²) in [4.78, 5) is 0. The van der Waals surface area contributed by atoms with Gasteiger partial charge in [0.15, 0.2) is 0 Å². The molecule has 1 rings (SSSR count). The second-order valence-corrected chi connectivity index (χ2v) is 6.13. The number of rotatable bonds is 5. The Morgan fingerprint density at radius 1 is 1.33 bits per heavy atom. The maximum Gasteiger partial charge on any atom is 0.0766 e. The minimum absolute atomic E-state index is 0.307. The zero-order valence-corrected chi connectivity index (χ0v) is 10.8. The largest absolute Gasteiger partial charge is 0.389 e. The van der Waals surface area contributed by atoms with Crippen molar-refractivity contribution in [3.05, 3.63) is 0 Å². The summed E-state index contributed by atoms with van der Waals surface area (Å²) in [6.07, 6.45) is 5.42. The Labute approximate surface area is 94.5 Å². The summed E-state index contributed by atoms with van der Waals surface area (Å²) in [5.41, 5.74) is -0.0952. The Balaban J connectivity index is 2.26. The molecule has 0 saturated heterocycles. The van der Waals surface area contributed by atoms with Gasteiger partial charge >= 0.3 is 0 Å². The molecular weight excluding hydrogens is 186 g/mol. The molecule has 0 aromatic carbocycles. The predicted molar refractivity (Wildman–Crippen MR) is 64.9 cm³/mol. The minimum atomic E-state index is -0.574.